The van der Waals surface area contributed by atoms with Gasteiger partial charge in [-0.15, -0.1) is 0 Å². The number of carbonyl (C=O) groups is 1. The zero-order valence-electron chi connectivity index (χ0n) is 14.0. The number of nitrogens with zero attached hydrogens (tertiary/aromatic N) is 2. The summed E-state index contributed by atoms with van der Waals surface area (Å²) in [6.45, 7) is 4.15. The summed E-state index contributed by atoms with van der Waals surface area (Å²) < 4.78 is 7.11. The fraction of sp³-hybridized carbons (Fsp3) is 0.368. The molecule has 0 aliphatic heterocycles. The molecule has 4 rings (SSSR count). The number of thiazole rings is 1. The SMILES string of the molecule is CCOC(=O)c1sc2nc(-c3ccc4c(c3)CCCC4)cn2c1C. The normalized spacial score (nSPS) is 13.9. The van der Waals surface area contributed by atoms with E-state index in [2.05, 4.69) is 18.2 Å². The van der Waals surface area contributed by atoms with Gasteiger partial charge in [-0.2, -0.15) is 0 Å². The molecular formula is C19H20N2O2S. The standard InChI is InChI=1S/C19H20N2O2S/c1-3-23-18(22)17-12(2)21-11-16(20-19(21)24-17)15-9-8-13-6-4-5-7-14(13)10-15/h8-11H,3-7H2,1-2H3. The van der Waals surface area contributed by atoms with E-state index in [1.54, 1.807) is 0 Å². The number of carbonyl (C=O) groups excluding carboxylic acids is 1. The van der Waals surface area contributed by atoms with Crippen LogP contribution in [0.25, 0.3) is 16.2 Å². The Labute approximate surface area is 145 Å². The van der Waals surface area contributed by atoms with Gasteiger partial charge in [0.05, 0.1) is 12.3 Å². The molecule has 0 saturated carbocycles. The first kappa shape index (κ1) is 15.4. The van der Waals surface area contributed by atoms with E-state index in [-0.39, 0.29) is 5.97 Å². The Morgan fingerprint density at radius 1 is 1.29 bits per heavy atom. The molecule has 5 heteroatoms. The summed E-state index contributed by atoms with van der Waals surface area (Å²) in [6, 6.07) is 6.69. The van der Waals surface area contributed by atoms with E-state index in [1.807, 2.05) is 24.4 Å². The lowest BCUT2D eigenvalue weighted by molar-refractivity contribution is 0.0531. The number of aromatic nitrogens is 2. The van der Waals surface area contributed by atoms with Crippen LogP contribution in [0, 0.1) is 6.92 Å². The zero-order chi connectivity index (χ0) is 16.7. The van der Waals surface area contributed by atoms with Crippen molar-refractivity contribution in [1.29, 1.82) is 0 Å². The highest BCUT2D eigenvalue weighted by molar-refractivity contribution is 7.19. The molecule has 24 heavy (non-hydrogen) atoms. The lowest BCUT2D eigenvalue weighted by Crippen LogP contribution is -2.04. The Morgan fingerprint density at radius 3 is 2.83 bits per heavy atom. The van der Waals surface area contributed by atoms with Gasteiger partial charge >= 0.3 is 5.97 Å². The van der Waals surface area contributed by atoms with Crippen molar-refractivity contribution >= 4 is 22.3 Å². The number of esters is 1. The first-order valence-electron chi connectivity index (χ1n) is 8.45. The molecular weight excluding hydrogens is 320 g/mol. The second-order valence-electron chi connectivity index (χ2n) is 6.21. The van der Waals surface area contributed by atoms with Crippen molar-refractivity contribution in [3.8, 4) is 11.3 Å². The van der Waals surface area contributed by atoms with Crippen LogP contribution in [0.5, 0.6) is 0 Å². The van der Waals surface area contributed by atoms with Gasteiger partial charge in [-0.1, -0.05) is 23.5 Å². The molecule has 2 aromatic heterocycles. The third-order valence-corrected chi connectivity index (χ3v) is 5.80. The van der Waals surface area contributed by atoms with Gasteiger partial charge in [0.2, 0.25) is 0 Å². The van der Waals surface area contributed by atoms with Gasteiger partial charge in [0, 0.05) is 17.5 Å². The number of ether oxygens (including phenoxy) is 1. The van der Waals surface area contributed by atoms with Gasteiger partial charge in [-0.25, -0.2) is 9.78 Å². The second-order valence-corrected chi connectivity index (χ2v) is 7.18. The fourth-order valence-corrected chi connectivity index (χ4v) is 4.37. The summed E-state index contributed by atoms with van der Waals surface area (Å²) in [7, 11) is 0. The quantitative estimate of drug-likeness (QED) is 0.663. The Balaban J connectivity index is 1.72. The molecule has 3 aromatic rings. The van der Waals surface area contributed by atoms with E-state index < -0.39 is 0 Å². The van der Waals surface area contributed by atoms with Crippen LogP contribution in [-0.2, 0) is 17.6 Å². The fourth-order valence-electron chi connectivity index (χ4n) is 3.37. The summed E-state index contributed by atoms with van der Waals surface area (Å²) in [5, 5.41) is 0. The lowest BCUT2D eigenvalue weighted by atomic mass is 9.90. The van der Waals surface area contributed by atoms with Crippen molar-refractivity contribution in [1.82, 2.24) is 9.38 Å². The van der Waals surface area contributed by atoms with E-state index >= 15 is 0 Å². The van der Waals surface area contributed by atoms with Crippen LogP contribution < -0.4 is 0 Å². The van der Waals surface area contributed by atoms with Crippen LogP contribution in [0.2, 0.25) is 0 Å². The monoisotopic (exact) mass is 340 g/mol. The van der Waals surface area contributed by atoms with Gasteiger partial charge in [0.15, 0.2) is 4.96 Å². The first-order valence-corrected chi connectivity index (χ1v) is 9.27. The predicted octanol–water partition coefficient (Wildman–Crippen LogP) is 4.43. The van der Waals surface area contributed by atoms with E-state index in [0.29, 0.717) is 11.5 Å². The summed E-state index contributed by atoms with van der Waals surface area (Å²) in [6.07, 6.45) is 6.95. The number of imidazole rings is 1. The van der Waals surface area contributed by atoms with Crippen molar-refractivity contribution in [3.05, 3.63) is 46.1 Å². The molecule has 0 atom stereocenters. The van der Waals surface area contributed by atoms with Crippen LogP contribution in [0.1, 0.15) is 46.3 Å². The van der Waals surface area contributed by atoms with Crippen LogP contribution in [0.15, 0.2) is 24.4 Å². The molecule has 1 aliphatic rings. The van der Waals surface area contributed by atoms with E-state index in [9.17, 15) is 4.79 Å². The second kappa shape index (κ2) is 6.06. The maximum Gasteiger partial charge on any atom is 0.350 e. The maximum atomic E-state index is 12.0. The highest BCUT2D eigenvalue weighted by Crippen LogP contribution is 2.30. The highest BCUT2D eigenvalue weighted by Gasteiger charge is 2.19. The summed E-state index contributed by atoms with van der Waals surface area (Å²) >= 11 is 1.39. The third kappa shape index (κ3) is 2.53. The molecule has 0 fully saturated rings. The van der Waals surface area contributed by atoms with Crippen molar-refractivity contribution in [2.45, 2.75) is 39.5 Å². The van der Waals surface area contributed by atoms with Crippen molar-refractivity contribution in [2.75, 3.05) is 6.61 Å². The molecule has 0 unspecified atom stereocenters. The molecule has 0 spiro atoms. The largest absolute Gasteiger partial charge is 0.462 e. The minimum atomic E-state index is -0.263. The summed E-state index contributed by atoms with van der Waals surface area (Å²) in [4.78, 5) is 18.2. The molecule has 4 nitrogen and oxygen atoms in total. The van der Waals surface area contributed by atoms with Gasteiger partial charge in [-0.05, 0) is 56.7 Å². The molecule has 2 heterocycles. The lowest BCUT2D eigenvalue weighted by Gasteiger charge is -2.15. The van der Waals surface area contributed by atoms with Crippen LogP contribution >= 0.6 is 11.3 Å². The Kier molecular flexibility index (Phi) is 3.88. The Hall–Kier alpha value is -2.14. The number of benzene rings is 1. The van der Waals surface area contributed by atoms with E-state index in [0.717, 1.165) is 28.3 Å². The first-order chi connectivity index (χ1) is 11.7. The van der Waals surface area contributed by atoms with Crippen LogP contribution in [0.3, 0.4) is 0 Å². The molecule has 124 valence electrons. The van der Waals surface area contributed by atoms with Crippen LogP contribution in [-0.4, -0.2) is 22.0 Å². The average molecular weight is 340 g/mol. The third-order valence-electron chi connectivity index (χ3n) is 4.66. The topological polar surface area (TPSA) is 43.6 Å². The smallest absolute Gasteiger partial charge is 0.350 e. The molecule has 0 N–H and O–H groups in total. The zero-order valence-corrected chi connectivity index (χ0v) is 14.8. The average Bonchev–Trinajstić information content (AvgIpc) is 3.14. The van der Waals surface area contributed by atoms with Crippen molar-refractivity contribution in [2.24, 2.45) is 0 Å². The summed E-state index contributed by atoms with van der Waals surface area (Å²) in [5.41, 5.74) is 5.95. The van der Waals surface area contributed by atoms with Crippen molar-refractivity contribution < 1.29 is 9.53 Å². The molecule has 0 radical (unpaired) electrons. The Morgan fingerprint density at radius 2 is 2.08 bits per heavy atom. The van der Waals surface area contributed by atoms with Gasteiger partial charge in [0.25, 0.3) is 0 Å². The Bertz CT molecular complexity index is 923. The molecule has 1 aromatic carbocycles. The van der Waals surface area contributed by atoms with Crippen LogP contribution in [0.4, 0.5) is 0 Å². The number of fused-ring (bicyclic) bond motifs is 2. The minimum absolute atomic E-state index is 0.263. The molecule has 0 bridgehead atoms. The number of hydrogen-bond donors (Lipinski definition) is 0. The number of hydrogen-bond acceptors (Lipinski definition) is 4. The maximum absolute atomic E-state index is 12.0. The number of rotatable bonds is 3. The van der Waals surface area contributed by atoms with Gasteiger partial charge in [-0.3, -0.25) is 4.40 Å². The predicted molar refractivity (Wildman–Crippen MR) is 95.8 cm³/mol. The summed E-state index contributed by atoms with van der Waals surface area (Å²) in [5.74, 6) is -0.263. The van der Waals surface area contributed by atoms with E-state index in [1.165, 1.54) is 41.7 Å². The molecule has 0 saturated heterocycles. The van der Waals surface area contributed by atoms with E-state index in [4.69, 9.17) is 9.72 Å². The highest BCUT2D eigenvalue weighted by atomic mass is 32.1. The van der Waals surface area contributed by atoms with Crippen molar-refractivity contribution in [3.63, 3.8) is 0 Å². The van der Waals surface area contributed by atoms with Gasteiger partial charge < -0.3 is 4.74 Å². The molecule has 0 amide bonds. The molecule has 1 aliphatic carbocycles. The number of aryl methyl sites for hydroxylation is 3. The minimum Gasteiger partial charge on any atom is -0.462 e. The van der Waals surface area contributed by atoms with Gasteiger partial charge in [0.1, 0.15) is 4.88 Å².